The van der Waals surface area contributed by atoms with Gasteiger partial charge in [-0.1, -0.05) is 12.2 Å². The number of thiocarbonyl (C=S) groups is 1. The molecular weight excluding hydrogens is 349 g/mol. The van der Waals surface area contributed by atoms with Gasteiger partial charge in [0.1, 0.15) is 4.99 Å². The van der Waals surface area contributed by atoms with Gasteiger partial charge in [-0.05, 0) is 45.9 Å². The SMILES string of the molecule is NC(=S)c1ccc(NCCSC(F)(F)F)cc1Br. The van der Waals surface area contributed by atoms with E-state index >= 15 is 0 Å². The molecule has 0 aliphatic rings. The van der Waals surface area contributed by atoms with E-state index in [1.807, 2.05) is 0 Å². The number of rotatable bonds is 5. The van der Waals surface area contributed by atoms with Crippen molar-refractivity contribution in [1.82, 2.24) is 0 Å². The van der Waals surface area contributed by atoms with Gasteiger partial charge in [-0.15, -0.1) is 0 Å². The van der Waals surface area contributed by atoms with Crippen LogP contribution in [0.3, 0.4) is 0 Å². The first-order chi connectivity index (χ1) is 8.29. The molecule has 18 heavy (non-hydrogen) atoms. The molecule has 0 bridgehead atoms. The molecule has 0 saturated heterocycles. The fourth-order valence-electron chi connectivity index (χ4n) is 1.19. The zero-order valence-corrected chi connectivity index (χ0v) is 12.3. The van der Waals surface area contributed by atoms with Gasteiger partial charge in [0.25, 0.3) is 0 Å². The van der Waals surface area contributed by atoms with Crippen molar-refractivity contribution in [2.45, 2.75) is 5.51 Å². The first-order valence-corrected chi connectivity index (χ1v) is 7.02. The smallest absolute Gasteiger partial charge is 0.389 e. The molecule has 1 aromatic rings. The van der Waals surface area contributed by atoms with Crippen LogP contribution in [0.5, 0.6) is 0 Å². The molecule has 0 atom stereocenters. The summed E-state index contributed by atoms with van der Waals surface area (Å²) in [7, 11) is 0. The first-order valence-electron chi connectivity index (χ1n) is 4.83. The molecule has 0 radical (unpaired) electrons. The van der Waals surface area contributed by atoms with Gasteiger partial charge < -0.3 is 11.1 Å². The van der Waals surface area contributed by atoms with Crippen LogP contribution in [0.25, 0.3) is 0 Å². The predicted molar refractivity (Wildman–Crippen MR) is 77.0 cm³/mol. The van der Waals surface area contributed by atoms with Gasteiger partial charge in [0.15, 0.2) is 0 Å². The summed E-state index contributed by atoms with van der Waals surface area (Å²) in [6, 6.07) is 5.16. The number of halogens is 4. The van der Waals surface area contributed by atoms with E-state index in [2.05, 4.69) is 21.2 Å². The molecule has 3 N–H and O–H groups in total. The van der Waals surface area contributed by atoms with Crippen LogP contribution < -0.4 is 11.1 Å². The van der Waals surface area contributed by atoms with Crippen LogP contribution >= 0.6 is 39.9 Å². The number of alkyl halides is 3. The summed E-state index contributed by atoms with van der Waals surface area (Å²) in [5, 5.41) is 2.89. The summed E-state index contributed by atoms with van der Waals surface area (Å²) in [6.07, 6.45) is 0. The Labute approximate surface area is 121 Å². The number of benzene rings is 1. The van der Waals surface area contributed by atoms with E-state index in [0.29, 0.717) is 15.7 Å². The fourth-order valence-corrected chi connectivity index (χ4v) is 2.52. The lowest BCUT2D eigenvalue weighted by Gasteiger charge is -2.10. The summed E-state index contributed by atoms with van der Waals surface area (Å²) < 4.78 is 36.4. The van der Waals surface area contributed by atoms with Crippen LogP contribution in [-0.2, 0) is 0 Å². The number of hydrogen-bond acceptors (Lipinski definition) is 3. The Morgan fingerprint density at radius 3 is 2.61 bits per heavy atom. The lowest BCUT2D eigenvalue weighted by Crippen LogP contribution is -2.11. The van der Waals surface area contributed by atoms with Crippen molar-refractivity contribution >= 4 is 50.6 Å². The Bertz CT molecular complexity index is 438. The van der Waals surface area contributed by atoms with E-state index in [4.69, 9.17) is 18.0 Å². The lowest BCUT2D eigenvalue weighted by molar-refractivity contribution is -0.0327. The number of nitrogens with two attached hydrogens (primary N) is 1. The summed E-state index contributed by atoms with van der Waals surface area (Å²) in [4.78, 5) is 0.265. The summed E-state index contributed by atoms with van der Waals surface area (Å²) >= 11 is 8.08. The van der Waals surface area contributed by atoms with Gasteiger partial charge in [0, 0.05) is 28.0 Å². The molecule has 100 valence electrons. The standard InChI is InChI=1S/C10H10BrF3N2S2/c11-8-5-6(1-2-7(8)9(15)17)16-3-4-18-10(12,13)14/h1-2,5,16H,3-4H2,(H2,15,17). The topological polar surface area (TPSA) is 38.0 Å². The van der Waals surface area contributed by atoms with Gasteiger partial charge in [0.05, 0.1) is 0 Å². The van der Waals surface area contributed by atoms with E-state index in [9.17, 15) is 13.2 Å². The molecule has 1 rings (SSSR count). The molecule has 0 heterocycles. The average molecular weight is 359 g/mol. The third-order valence-electron chi connectivity index (χ3n) is 1.93. The zero-order valence-electron chi connectivity index (χ0n) is 9.05. The van der Waals surface area contributed by atoms with E-state index in [0.717, 1.165) is 0 Å². The fraction of sp³-hybridized carbons (Fsp3) is 0.300. The summed E-state index contributed by atoms with van der Waals surface area (Å²) in [5.41, 5.74) is 2.71. The van der Waals surface area contributed by atoms with Crippen molar-refractivity contribution in [3.05, 3.63) is 28.2 Å². The maximum atomic E-state index is 11.9. The highest BCUT2D eigenvalue weighted by Crippen LogP contribution is 2.29. The number of hydrogen-bond donors (Lipinski definition) is 2. The Hall–Kier alpha value is -0.470. The van der Waals surface area contributed by atoms with Gasteiger partial charge in [-0.2, -0.15) is 13.2 Å². The largest absolute Gasteiger partial charge is 0.441 e. The van der Waals surface area contributed by atoms with Crippen LogP contribution in [0, 0.1) is 0 Å². The van der Waals surface area contributed by atoms with E-state index in [-0.39, 0.29) is 29.0 Å². The van der Waals surface area contributed by atoms with Gasteiger partial charge in [0.2, 0.25) is 0 Å². The molecule has 0 unspecified atom stereocenters. The number of anilines is 1. The quantitative estimate of drug-likeness (QED) is 0.620. The Kier molecular flexibility index (Phi) is 5.74. The van der Waals surface area contributed by atoms with E-state index in [1.165, 1.54) is 0 Å². The number of nitrogens with one attached hydrogen (secondary N) is 1. The molecule has 0 saturated carbocycles. The van der Waals surface area contributed by atoms with Crippen molar-refractivity contribution in [1.29, 1.82) is 0 Å². The maximum Gasteiger partial charge on any atom is 0.441 e. The van der Waals surface area contributed by atoms with Gasteiger partial charge >= 0.3 is 5.51 Å². The van der Waals surface area contributed by atoms with Crippen molar-refractivity contribution in [3.63, 3.8) is 0 Å². The maximum absolute atomic E-state index is 11.9. The minimum absolute atomic E-state index is 0.0435. The van der Waals surface area contributed by atoms with Crippen LogP contribution in [0.4, 0.5) is 18.9 Å². The Balaban J connectivity index is 2.49. The molecule has 2 nitrogen and oxygen atoms in total. The molecule has 0 spiro atoms. The highest BCUT2D eigenvalue weighted by atomic mass is 79.9. The highest BCUT2D eigenvalue weighted by molar-refractivity contribution is 9.10. The molecule has 0 aromatic heterocycles. The van der Waals surface area contributed by atoms with E-state index < -0.39 is 5.51 Å². The first kappa shape index (κ1) is 15.6. The Morgan fingerprint density at radius 2 is 2.11 bits per heavy atom. The predicted octanol–water partition coefficient (Wildman–Crippen LogP) is 3.75. The molecular formula is C10H10BrF3N2S2. The van der Waals surface area contributed by atoms with Crippen molar-refractivity contribution in [2.75, 3.05) is 17.6 Å². The third kappa shape index (κ3) is 5.45. The van der Waals surface area contributed by atoms with Crippen LogP contribution in [0.1, 0.15) is 5.56 Å². The van der Waals surface area contributed by atoms with Crippen molar-refractivity contribution in [3.8, 4) is 0 Å². The molecule has 0 aliphatic heterocycles. The molecule has 0 fully saturated rings. The van der Waals surface area contributed by atoms with Crippen LogP contribution in [0.15, 0.2) is 22.7 Å². The van der Waals surface area contributed by atoms with Crippen molar-refractivity contribution in [2.24, 2.45) is 5.73 Å². The minimum atomic E-state index is -4.18. The third-order valence-corrected chi connectivity index (χ3v) is 3.54. The molecule has 8 heteroatoms. The molecule has 0 aliphatic carbocycles. The molecule has 0 amide bonds. The summed E-state index contributed by atoms with van der Waals surface area (Å²) in [6.45, 7) is 0.225. The summed E-state index contributed by atoms with van der Waals surface area (Å²) in [5.74, 6) is -0.0435. The highest BCUT2D eigenvalue weighted by Gasteiger charge is 2.27. The monoisotopic (exact) mass is 358 g/mol. The van der Waals surface area contributed by atoms with Crippen molar-refractivity contribution < 1.29 is 13.2 Å². The van der Waals surface area contributed by atoms with Crippen LogP contribution in [0.2, 0.25) is 0 Å². The second-order valence-electron chi connectivity index (χ2n) is 3.28. The van der Waals surface area contributed by atoms with Gasteiger partial charge in [-0.25, -0.2) is 0 Å². The Morgan fingerprint density at radius 1 is 1.44 bits per heavy atom. The van der Waals surface area contributed by atoms with Crippen LogP contribution in [-0.4, -0.2) is 22.8 Å². The van der Waals surface area contributed by atoms with E-state index in [1.54, 1.807) is 18.2 Å². The van der Waals surface area contributed by atoms with Gasteiger partial charge in [-0.3, -0.25) is 0 Å². The zero-order chi connectivity index (χ0) is 13.8. The average Bonchev–Trinajstić information content (AvgIpc) is 2.22. The lowest BCUT2D eigenvalue weighted by atomic mass is 10.2. The minimum Gasteiger partial charge on any atom is -0.389 e. The second kappa shape index (κ2) is 6.63. The number of thioether (sulfide) groups is 1. The normalized spacial score (nSPS) is 11.3. The second-order valence-corrected chi connectivity index (χ2v) is 5.73. The molecule has 1 aromatic carbocycles.